The smallest absolute Gasteiger partial charge is 0.394 e. The average Bonchev–Trinajstić information content (AvgIpc) is 3.30. The quantitative estimate of drug-likeness (QED) is 0.659. The number of carbonyl (C=O) groups excluding carboxylic acids is 1. The second-order valence-corrected chi connectivity index (χ2v) is 9.07. The van der Waals surface area contributed by atoms with Crippen LogP contribution in [0.1, 0.15) is 36.9 Å². The Hall–Kier alpha value is -2.66. The summed E-state index contributed by atoms with van der Waals surface area (Å²) in [5.74, 6) is -0.313. The third-order valence-electron chi connectivity index (χ3n) is 6.97. The molecule has 1 aliphatic heterocycles. The number of carbonyl (C=O) groups is 1. The highest BCUT2D eigenvalue weighted by Gasteiger charge is 2.51. The standard InChI is InChI=1S/C22H27F4N5O2/c1-29(2)21(15-4-3-5-16(23)12-15)8-6-20(7-9-21)14-30(19(33)27-20)18-13-17(22(24,25)26)28-31(18)10-11-32/h3-5,12-13,32H,6-11,14H2,1-2H3,(H,27,33)/t20-,21-. The van der Waals surface area contributed by atoms with Crippen molar-refractivity contribution in [3.63, 3.8) is 0 Å². The molecule has 0 bridgehead atoms. The van der Waals surface area contributed by atoms with Crippen LogP contribution in [0.15, 0.2) is 30.3 Å². The van der Waals surface area contributed by atoms with Crippen LogP contribution >= 0.6 is 0 Å². The minimum Gasteiger partial charge on any atom is -0.394 e. The largest absolute Gasteiger partial charge is 0.435 e. The maximum absolute atomic E-state index is 13.9. The molecule has 2 heterocycles. The van der Waals surface area contributed by atoms with E-state index in [1.807, 2.05) is 20.2 Å². The number of hydrogen-bond acceptors (Lipinski definition) is 4. The molecule has 0 atom stereocenters. The van der Waals surface area contributed by atoms with Gasteiger partial charge in [0.25, 0.3) is 0 Å². The molecule has 180 valence electrons. The average molecular weight is 469 g/mol. The molecule has 7 nitrogen and oxygen atoms in total. The SMILES string of the molecule is CN(C)[C@]1(c2cccc(F)c2)CC[C@@]2(CC1)CN(c1cc(C(F)(F)F)nn1CCO)C(=O)N2. The van der Waals surface area contributed by atoms with Crippen LogP contribution < -0.4 is 10.2 Å². The number of aromatic nitrogens is 2. The summed E-state index contributed by atoms with van der Waals surface area (Å²) in [5, 5.41) is 15.8. The van der Waals surface area contributed by atoms with Crippen LogP contribution in [-0.4, -0.2) is 58.6 Å². The van der Waals surface area contributed by atoms with Gasteiger partial charge in [-0.15, -0.1) is 0 Å². The Labute approximate surface area is 189 Å². The number of amides is 2. The van der Waals surface area contributed by atoms with Gasteiger partial charge in [-0.2, -0.15) is 18.3 Å². The molecular formula is C22H27F4N5O2. The highest BCUT2D eigenvalue weighted by atomic mass is 19.4. The predicted molar refractivity (Wildman–Crippen MR) is 113 cm³/mol. The highest BCUT2D eigenvalue weighted by molar-refractivity contribution is 5.94. The van der Waals surface area contributed by atoms with Crippen LogP contribution in [0.25, 0.3) is 0 Å². The first-order valence-electron chi connectivity index (χ1n) is 10.8. The number of hydrogen-bond donors (Lipinski definition) is 2. The molecule has 2 aliphatic rings. The van der Waals surface area contributed by atoms with Crippen molar-refractivity contribution < 1.29 is 27.5 Å². The van der Waals surface area contributed by atoms with Crippen molar-refractivity contribution in [2.75, 3.05) is 32.1 Å². The summed E-state index contributed by atoms with van der Waals surface area (Å²) in [6.45, 7) is -0.385. The first kappa shape index (κ1) is 23.5. The Morgan fingerprint density at radius 2 is 1.88 bits per heavy atom. The van der Waals surface area contributed by atoms with Gasteiger partial charge >= 0.3 is 12.2 Å². The lowest BCUT2D eigenvalue weighted by molar-refractivity contribution is -0.141. The number of nitrogens with one attached hydrogen (secondary N) is 1. The summed E-state index contributed by atoms with van der Waals surface area (Å²) in [5.41, 5.74) is -1.27. The fourth-order valence-corrected chi connectivity index (χ4v) is 5.11. The summed E-state index contributed by atoms with van der Waals surface area (Å²) in [4.78, 5) is 16.2. The Kier molecular flexibility index (Phi) is 5.90. The fourth-order valence-electron chi connectivity index (χ4n) is 5.11. The van der Waals surface area contributed by atoms with E-state index in [0.29, 0.717) is 25.7 Å². The van der Waals surface area contributed by atoms with Crippen molar-refractivity contribution in [2.24, 2.45) is 0 Å². The second-order valence-electron chi connectivity index (χ2n) is 9.07. The molecule has 1 spiro atoms. The van der Waals surface area contributed by atoms with Crippen molar-refractivity contribution >= 4 is 11.8 Å². The number of halogens is 4. The summed E-state index contributed by atoms with van der Waals surface area (Å²) in [7, 11) is 3.88. The fraction of sp³-hybridized carbons (Fsp3) is 0.545. The number of nitrogens with zero attached hydrogens (tertiary/aromatic N) is 4. The molecule has 1 aromatic heterocycles. The van der Waals surface area contributed by atoms with Crippen molar-refractivity contribution in [2.45, 2.75) is 49.5 Å². The van der Waals surface area contributed by atoms with Crippen molar-refractivity contribution in [3.8, 4) is 0 Å². The van der Waals surface area contributed by atoms with Crippen LogP contribution in [0, 0.1) is 5.82 Å². The molecule has 1 aromatic carbocycles. The van der Waals surface area contributed by atoms with E-state index in [1.165, 1.54) is 17.0 Å². The van der Waals surface area contributed by atoms with Gasteiger partial charge in [-0.3, -0.25) is 9.80 Å². The van der Waals surface area contributed by atoms with Gasteiger partial charge in [0.2, 0.25) is 0 Å². The van der Waals surface area contributed by atoms with Gasteiger partial charge in [0, 0.05) is 11.6 Å². The lowest BCUT2D eigenvalue weighted by atomic mass is 9.69. The molecule has 2 amide bonds. The Bertz CT molecular complexity index is 1030. The van der Waals surface area contributed by atoms with Gasteiger partial charge in [0.05, 0.1) is 25.2 Å². The van der Waals surface area contributed by atoms with E-state index in [1.54, 1.807) is 6.07 Å². The van der Waals surface area contributed by atoms with Crippen molar-refractivity contribution in [1.82, 2.24) is 20.0 Å². The number of aliphatic hydroxyl groups excluding tert-OH is 1. The van der Waals surface area contributed by atoms with Gasteiger partial charge in [-0.1, -0.05) is 12.1 Å². The number of anilines is 1. The molecule has 2 fully saturated rings. The van der Waals surface area contributed by atoms with Crippen molar-refractivity contribution in [1.29, 1.82) is 0 Å². The Morgan fingerprint density at radius 3 is 2.45 bits per heavy atom. The van der Waals surface area contributed by atoms with E-state index in [4.69, 9.17) is 0 Å². The molecule has 0 unspecified atom stereocenters. The molecule has 33 heavy (non-hydrogen) atoms. The van der Waals surface area contributed by atoms with E-state index >= 15 is 0 Å². The molecule has 0 radical (unpaired) electrons. The third-order valence-corrected chi connectivity index (χ3v) is 6.97. The zero-order chi connectivity index (χ0) is 24.0. The molecule has 2 aromatic rings. The monoisotopic (exact) mass is 469 g/mol. The molecule has 11 heteroatoms. The molecule has 4 rings (SSSR count). The maximum atomic E-state index is 13.9. The predicted octanol–water partition coefficient (Wildman–Crippen LogP) is 3.33. The molecule has 1 saturated heterocycles. The number of urea groups is 1. The lowest BCUT2D eigenvalue weighted by Crippen LogP contribution is -2.54. The summed E-state index contributed by atoms with van der Waals surface area (Å²) in [6, 6.07) is 6.85. The summed E-state index contributed by atoms with van der Waals surface area (Å²) < 4.78 is 54.6. The summed E-state index contributed by atoms with van der Waals surface area (Å²) in [6.07, 6.45) is -2.23. The van der Waals surface area contributed by atoms with E-state index in [-0.39, 0.29) is 24.7 Å². The number of benzene rings is 1. The van der Waals surface area contributed by atoms with Crippen LogP contribution in [0.5, 0.6) is 0 Å². The Morgan fingerprint density at radius 1 is 1.18 bits per heavy atom. The normalized spacial score (nSPS) is 25.8. The second kappa shape index (κ2) is 8.28. The first-order valence-corrected chi connectivity index (χ1v) is 10.8. The molecule has 2 N–H and O–H groups in total. The van der Waals surface area contributed by atoms with Gasteiger partial charge in [0.15, 0.2) is 5.69 Å². The topological polar surface area (TPSA) is 73.6 Å². The minimum absolute atomic E-state index is 0.000303. The molecule has 1 saturated carbocycles. The minimum atomic E-state index is -4.66. The molecule has 1 aliphatic carbocycles. The number of alkyl halides is 3. The highest BCUT2D eigenvalue weighted by Crippen LogP contribution is 2.46. The zero-order valence-electron chi connectivity index (χ0n) is 18.5. The van der Waals surface area contributed by atoms with Gasteiger partial charge in [0.1, 0.15) is 11.6 Å². The summed E-state index contributed by atoms with van der Waals surface area (Å²) >= 11 is 0. The number of rotatable bonds is 5. The van der Waals surface area contributed by atoms with E-state index in [9.17, 15) is 27.5 Å². The van der Waals surface area contributed by atoms with Gasteiger partial charge < -0.3 is 10.4 Å². The maximum Gasteiger partial charge on any atom is 0.435 e. The number of aliphatic hydroxyl groups is 1. The zero-order valence-corrected chi connectivity index (χ0v) is 18.5. The van der Waals surface area contributed by atoms with Gasteiger partial charge in [-0.25, -0.2) is 13.9 Å². The first-order chi connectivity index (χ1) is 15.5. The third kappa shape index (κ3) is 4.19. The Balaban J connectivity index is 1.59. The van der Waals surface area contributed by atoms with E-state index in [2.05, 4.69) is 15.3 Å². The lowest BCUT2D eigenvalue weighted by Gasteiger charge is -2.48. The van der Waals surface area contributed by atoms with Gasteiger partial charge in [-0.05, 0) is 57.5 Å². The van der Waals surface area contributed by atoms with Crippen LogP contribution in [0.2, 0.25) is 0 Å². The van der Waals surface area contributed by atoms with Crippen molar-refractivity contribution in [3.05, 3.63) is 47.4 Å². The van der Waals surface area contributed by atoms with E-state index < -0.39 is 35.6 Å². The van der Waals surface area contributed by atoms with E-state index in [0.717, 1.165) is 16.3 Å². The van der Waals surface area contributed by atoms with Crippen LogP contribution in [-0.2, 0) is 18.3 Å². The van der Waals surface area contributed by atoms with Crippen LogP contribution in [0.4, 0.5) is 28.2 Å². The van der Waals surface area contributed by atoms with Crippen LogP contribution in [0.3, 0.4) is 0 Å². The molecular weight excluding hydrogens is 442 g/mol.